The van der Waals surface area contributed by atoms with E-state index in [4.69, 9.17) is 9.47 Å². The number of piperazine rings is 1. The quantitative estimate of drug-likeness (QED) is 0.855. The number of hydrogen-bond donors (Lipinski definition) is 1. The van der Waals surface area contributed by atoms with E-state index in [-0.39, 0.29) is 12.4 Å². The number of methoxy groups -OCH3 is 1. The Bertz CT molecular complexity index is 654. The molecule has 1 unspecified atom stereocenters. The molecular weight excluding hydrogens is 338 g/mol. The lowest BCUT2D eigenvalue weighted by atomic mass is 10.1. The number of aromatic nitrogens is 1. The van der Waals surface area contributed by atoms with Gasteiger partial charge >= 0.3 is 0 Å². The van der Waals surface area contributed by atoms with Crippen LogP contribution in [-0.4, -0.2) is 42.7 Å². The van der Waals surface area contributed by atoms with Crippen LogP contribution in [0.2, 0.25) is 0 Å². The highest BCUT2D eigenvalue weighted by molar-refractivity contribution is 5.85. The van der Waals surface area contributed by atoms with E-state index in [2.05, 4.69) is 34.3 Å². The Labute approximate surface area is 155 Å². The topological polar surface area (TPSA) is 46.6 Å². The summed E-state index contributed by atoms with van der Waals surface area (Å²) in [6.07, 6.45) is 3.54. The monoisotopic (exact) mass is 363 g/mol. The molecule has 5 nitrogen and oxygen atoms in total. The standard InChI is InChI=1S/C19H25N3O2.ClH/c1-15-12-22(10-9-21-15)13-17-3-4-18(19(11-17)23-2)24-14-16-5-7-20-8-6-16;/h3-8,11,15,21H,9-10,12-14H2,1-2H3;1H. The molecule has 2 aromatic rings. The van der Waals surface area contributed by atoms with E-state index in [1.165, 1.54) is 5.56 Å². The fraction of sp³-hybridized carbons (Fsp3) is 0.421. The minimum atomic E-state index is 0. The number of ether oxygens (including phenoxy) is 2. The van der Waals surface area contributed by atoms with E-state index in [1.54, 1.807) is 19.5 Å². The fourth-order valence-corrected chi connectivity index (χ4v) is 2.98. The predicted molar refractivity (Wildman–Crippen MR) is 102 cm³/mol. The summed E-state index contributed by atoms with van der Waals surface area (Å²) in [6, 6.07) is 10.6. The van der Waals surface area contributed by atoms with E-state index in [0.717, 1.165) is 43.2 Å². The molecule has 1 fully saturated rings. The van der Waals surface area contributed by atoms with Crippen LogP contribution in [0.25, 0.3) is 0 Å². The van der Waals surface area contributed by atoms with Crippen molar-refractivity contribution in [3.05, 3.63) is 53.9 Å². The third-order valence-corrected chi connectivity index (χ3v) is 4.23. The first-order valence-electron chi connectivity index (χ1n) is 8.39. The highest BCUT2D eigenvalue weighted by Gasteiger charge is 2.16. The zero-order valence-electron chi connectivity index (χ0n) is 14.8. The number of nitrogens with zero attached hydrogens (tertiary/aromatic N) is 2. The molecule has 1 aliphatic rings. The van der Waals surface area contributed by atoms with Crippen LogP contribution in [0.15, 0.2) is 42.7 Å². The van der Waals surface area contributed by atoms with Gasteiger partial charge in [-0.2, -0.15) is 0 Å². The summed E-state index contributed by atoms with van der Waals surface area (Å²) in [4.78, 5) is 6.48. The molecule has 6 heteroatoms. The molecule has 1 aliphatic heterocycles. The molecule has 1 atom stereocenters. The molecule has 1 N–H and O–H groups in total. The van der Waals surface area contributed by atoms with Crippen molar-refractivity contribution in [2.24, 2.45) is 0 Å². The molecule has 136 valence electrons. The van der Waals surface area contributed by atoms with Crippen molar-refractivity contribution in [1.29, 1.82) is 0 Å². The van der Waals surface area contributed by atoms with Gasteiger partial charge in [0.1, 0.15) is 6.61 Å². The molecule has 1 aromatic carbocycles. The normalized spacial score (nSPS) is 17.6. The summed E-state index contributed by atoms with van der Waals surface area (Å²) in [6.45, 7) is 6.87. The largest absolute Gasteiger partial charge is 0.493 e. The lowest BCUT2D eigenvalue weighted by molar-refractivity contribution is 0.199. The van der Waals surface area contributed by atoms with Crippen molar-refractivity contribution in [3.8, 4) is 11.5 Å². The van der Waals surface area contributed by atoms with Gasteiger partial charge in [0, 0.05) is 44.6 Å². The van der Waals surface area contributed by atoms with Crippen LogP contribution in [0, 0.1) is 0 Å². The summed E-state index contributed by atoms with van der Waals surface area (Å²) in [5, 5.41) is 3.47. The maximum atomic E-state index is 5.90. The smallest absolute Gasteiger partial charge is 0.161 e. The van der Waals surface area contributed by atoms with Crippen molar-refractivity contribution in [1.82, 2.24) is 15.2 Å². The second-order valence-corrected chi connectivity index (χ2v) is 6.22. The molecule has 0 spiro atoms. The van der Waals surface area contributed by atoms with Gasteiger partial charge in [-0.25, -0.2) is 0 Å². The number of halogens is 1. The highest BCUT2D eigenvalue weighted by Crippen LogP contribution is 2.29. The Morgan fingerprint density at radius 1 is 1.16 bits per heavy atom. The zero-order chi connectivity index (χ0) is 16.8. The molecule has 0 aliphatic carbocycles. The van der Waals surface area contributed by atoms with Gasteiger partial charge < -0.3 is 14.8 Å². The Hall–Kier alpha value is -1.82. The molecule has 0 radical (unpaired) electrons. The summed E-state index contributed by atoms with van der Waals surface area (Å²) in [5.41, 5.74) is 2.34. The average molecular weight is 364 g/mol. The first-order chi connectivity index (χ1) is 11.7. The van der Waals surface area contributed by atoms with Crippen LogP contribution in [-0.2, 0) is 13.2 Å². The van der Waals surface area contributed by atoms with Gasteiger partial charge in [0.25, 0.3) is 0 Å². The van der Waals surface area contributed by atoms with Crippen LogP contribution in [0.5, 0.6) is 11.5 Å². The number of pyridine rings is 1. The first kappa shape index (κ1) is 19.5. The van der Waals surface area contributed by atoms with Gasteiger partial charge in [0.15, 0.2) is 11.5 Å². The number of nitrogens with one attached hydrogen (secondary N) is 1. The van der Waals surface area contributed by atoms with Gasteiger partial charge in [0.05, 0.1) is 7.11 Å². The average Bonchev–Trinajstić information content (AvgIpc) is 2.61. The third-order valence-electron chi connectivity index (χ3n) is 4.23. The SMILES string of the molecule is COc1cc(CN2CCNC(C)C2)ccc1OCc1ccncc1.Cl. The molecule has 25 heavy (non-hydrogen) atoms. The van der Waals surface area contributed by atoms with Crippen LogP contribution >= 0.6 is 12.4 Å². The lowest BCUT2D eigenvalue weighted by Crippen LogP contribution is -2.48. The maximum absolute atomic E-state index is 5.90. The molecule has 3 rings (SSSR count). The van der Waals surface area contributed by atoms with E-state index in [9.17, 15) is 0 Å². The summed E-state index contributed by atoms with van der Waals surface area (Å²) in [5.74, 6) is 1.55. The lowest BCUT2D eigenvalue weighted by Gasteiger charge is -2.31. The molecule has 0 amide bonds. The van der Waals surface area contributed by atoms with Gasteiger partial charge in [0.2, 0.25) is 0 Å². The molecule has 0 bridgehead atoms. The van der Waals surface area contributed by atoms with Gasteiger partial charge in [-0.05, 0) is 42.3 Å². The molecule has 1 saturated heterocycles. The van der Waals surface area contributed by atoms with Gasteiger partial charge in [-0.3, -0.25) is 9.88 Å². The number of rotatable bonds is 6. The van der Waals surface area contributed by atoms with Crippen molar-refractivity contribution >= 4 is 12.4 Å². The van der Waals surface area contributed by atoms with Crippen molar-refractivity contribution < 1.29 is 9.47 Å². The van der Waals surface area contributed by atoms with E-state index < -0.39 is 0 Å². The molecule has 0 saturated carbocycles. The Balaban J connectivity index is 0.00000225. The first-order valence-corrected chi connectivity index (χ1v) is 8.39. The molecule has 2 heterocycles. The van der Waals surface area contributed by atoms with Crippen molar-refractivity contribution in [2.45, 2.75) is 26.1 Å². The maximum Gasteiger partial charge on any atom is 0.161 e. The van der Waals surface area contributed by atoms with Crippen molar-refractivity contribution in [3.63, 3.8) is 0 Å². The van der Waals surface area contributed by atoms with Crippen molar-refractivity contribution in [2.75, 3.05) is 26.7 Å². The molecular formula is C19H26ClN3O2. The Morgan fingerprint density at radius 3 is 2.68 bits per heavy atom. The number of hydrogen-bond acceptors (Lipinski definition) is 5. The second-order valence-electron chi connectivity index (χ2n) is 6.22. The summed E-state index contributed by atoms with van der Waals surface area (Å²) < 4.78 is 11.4. The number of benzene rings is 1. The van der Waals surface area contributed by atoms with E-state index >= 15 is 0 Å². The Morgan fingerprint density at radius 2 is 1.96 bits per heavy atom. The summed E-state index contributed by atoms with van der Waals surface area (Å²) in [7, 11) is 1.69. The molecule has 1 aromatic heterocycles. The predicted octanol–water partition coefficient (Wildman–Crippen LogP) is 2.88. The van der Waals surface area contributed by atoms with Crippen LogP contribution < -0.4 is 14.8 Å². The Kier molecular flexibility index (Phi) is 7.50. The third kappa shape index (κ3) is 5.59. The highest BCUT2D eigenvalue weighted by atomic mass is 35.5. The summed E-state index contributed by atoms with van der Waals surface area (Å²) >= 11 is 0. The second kappa shape index (κ2) is 9.61. The van der Waals surface area contributed by atoms with Gasteiger partial charge in [-0.15, -0.1) is 12.4 Å². The van der Waals surface area contributed by atoms with E-state index in [1.807, 2.05) is 18.2 Å². The van der Waals surface area contributed by atoms with Crippen LogP contribution in [0.4, 0.5) is 0 Å². The minimum absolute atomic E-state index is 0. The van der Waals surface area contributed by atoms with Gasteiger partial charge in [-0.1, -0.05) is 6.07 Å². The van der Waals surface area contributed by atoms with Crippen LogP contribution in [0.3, 0.4) is 0 Å². The fourth-order valence-electron chi connectivity index (χ4n) is 2.98. The van der Waals surface area contributed by atoms with Crippen LogP contribution in [0.1, 0.15) is 18.1 Å². The minimum Gasteiger partial charge on any atom is -0.493 e. The van der Waals surface area contributed by atoms with E-state index in [0.29, 0.717) is 12.6 Å². The zero-order valence-corrected chi connectivity index (χ0v) is 15.6.